The van der Waals surface area contributed by atoms with Crippen molar-refractivity contribution in [1.29, 1.82) is 0 Å². The molecule has 2 N–H and O–H groups in total. The number of carbonyl (C=O) groups is 2. The van der Waals surface area contributed by atoms with E-state index in [1.165, 1.54) is 0 Å². The molecule has 0 bridgehead atoms. The van der Waals surface area contributed by atoms with Gasteiger partial charge in [-0.1, -0.05) is 0 Å². The zero-order valence-corrected chi connectivity index (χ0v) is 11.8. The highest BCUT2D eigenvalue weighted by Crippen LogP contribution is 2.14. The summed E-state index contributed by atoms with van der Waals surface area (Å²) in [6.45, 7) is 2.36. The van der Waals surface area contributed by atoms with Gasteiger partial charge in [0, 0.05) is 52.2 Å². The Morgan fingerprint density at radius 1 is 1.26 bits per heavy atom. The SMILES string of the molecule is CN(C)C(=O)N1CCC(NC2CCC(=O)NC2)CC1. The second-order valence-electron chi connectivity index (χ2n) is 5.64. The van der Waals surface area contributed by atoms with Crippen molar-refractivity contribution in [3.8, 4) is 0 Å². The van der Waals surface area contributed by atoms with Crippen LogP contribution in [-0.2, 0) is 4.79 Å². The van der Waals surface area contributed by atoms with E-state index in [-0.39, 0.29) is 11.9 Å². The first-order valence-corrected chi connectivity index (χ1v) is 7.05. The van der Waals surface area contributed by atoms with Crippen LogP contribution in [-0.4, -0.2) is 67.6 Å². The van der Waals surface area contributed by atoms with Gasteiger partial charge in [0.25, 0.3) is 0 Å². The molecule has 0 radical (unpaired) electrons. The maximum Gasteiger partial charge on any atom is 0.319 e. The molecule has 6 heteroatoms. The molecule has 6 nitrogen and oxygen atoms in total. The molecule has 1 unspecified atom stereocenters. The lowest BCUT2D eigenvalue weighted by Gasteiger charge is -2.36. The van der Waals surface area contributed by atoms with Gasteiger partial charge in [-0.25, -0.2) is 4.79 Å². The van der Waals surface area contributed by atoms with Crippen LogP contribution < -0.4 is 10.6 Å². The Morgan fingerprint density at radius 3 is 2.47 bits per heavy atom. The molecule has 2 aliphatic rings. The van der Waals surface area contributed by atoms with E-state index in [1.807, 2.05) is 4.90 Å². The van der Waals surface area contributed by atoms with E-state index in [2.05, 4.69) is 10.6 Å². The predicted octanol–water partition coefficient (Wildman–Crippen LogP) is 0.000600. The summed E-state index contributed by atoms with van der Waals surface area (Å²) in [4.78, 5) is 26.4. The molecule has 108 valence electrons. The third-order valence-electron chi connectivity index (χ3n) is 3.88. The van der Waals surface area contributed by atoms with Crippen molar-refractivity contribution in [2.45, 2.75) is 37.8 Å². The highest BCUT2D eigenvalue weighted by atomic mass is 16.2. The molecule has 2 fully saturated rings. The minimum absolute atomic E-state index is 0.100. The van der Waals surface area contributed by atoms with Crippen molar-refractivity contribution in [1.82, 2.24) is 20.4 Å². The Kier molecular flexibility index (Phi) is 4.63. The number of nitrogens with one attached hydrogen (secondary N) is 2. The van der Waals surface area contributed by atoms with Gasteiger partial charge in [-0.15, -0.1) is 0 Å². The van der Waals surface area contributed by atoms with Crippen LogP contribution in [0.3, 0.4) is 0 Å². The predicted molar refractivity (Wildman–Crippen MR) is 72.8 cm³/mol. The minimum Gasteiger partial charge on any atom is -0.355 e. The number of hydrogen-bond acceptors (Lipinski definition) is 3. The topological polar surface area (TPSA) is 64.7 Å². The van der Waals surface area contributed by atoms with Gasteiger partial charge in [-0.05, 0) is 19.3 Å². The van der Waals surface area contributed by atoms with Crippen molar-refractivity contribution in [3.63, 3.8) is 0 Å². The third kappa shape index (κ3) is 3.83. The van der Waals surface area contributed by atoms with Crippen molar-refractivity contribution >= 4 is 11.9 Å². The summed E-state index contributed by atoms with van der Waals surface area (Å²) in [7, 11) is 3.58. The summed E-state index contributed by atoms with van der Waals surface area (Å²) in [5, 5.41) is 6.49. The highest BCUT2D eigenvalue weighted by Gasteiger charge is 2.26. The molecule has 0 aromatic heterocycles. The van der Waals surface area contributed by atoms with E-state index in [0.29, 0.717) is 18.5 Å². The quantitative estimate of drug-likeness (QED) is 0.741. The van der Waals surface area contributed by atoms with Crippen LogP contribution in [0.5, 0.6) is 0 Å². The molecule has 2 heterocycles. The summed E-state index contributed by atoms with van der Waals surface area (Å²) < 4.78 is 0. The van der Waals surface area contributed by atoms with Gasteiger partial charge in [-0.3, -0.25) is 4.79 Å². The fraction of sp³-hybridized carbons (Fsp3) is 0.846. The van der Waals surface area contributed by atoms with Gasteiger partial charge in [0.15, 0.2) is 0 Å². The number of carbonyl (C=O) groups excluding carboxylic acids is 2. The first-order chi connectivity index (χ1) is 9.06. The van der Waals surface area contributed by atoms with E-state index in [9.17, 15) is 9.59 Å². The molecule has 0 aromatic rings. The summed E-state index contributed by atoms with van der Waals surface area (Å²) >= 11 is 0. The number of nitrogens with zero attached hydrogens (tertiary/aromatic N) is 2. The molecule has 2 rings (SSSR count). The van der Waals surface area contributed by atoms with Gasteiger partial charge in [0.1, 0.15) is 0 Å². The second-order valence-corrected chi connectivity index (χ2v) is 5.64. The van der Waals surface area contributed by atoms with Crippen LogP contribution in [0, 0.1) is 0 Å². The van der Waals surface area contributed by atoms with Crippen LogP contribution in [0.4, 0.5) is 4.79 Å². The zero-order valence-electron chi connectivity index (χ0n) is 11.8. The Labute approximate surface area is 114 Å². The number of rotatable bonds is 2. The first kappa shape index (κ1) is 14.1. The van der Waals surface area contributed by atoms with E-state index in [4.69, 9.17) is 0 Å². The number of hydrogen-bond donors (Lipinski definition) is 2. The summed E-state index contributed by atoms with van der Waals surface area (Å²) in [6, 6.07) is 0.952. The maximum atomic E-state index is 11.8. The first-order valence-electron chi connectivity index (χ1n) is 7.05. The zero-order chi connectivity index (χ0) is 13.8. The fourth-order valence-corrected chi connectivity index (χ4v) is 2.73. The standard InChI is InChI=1S/C13H24N4O2/c1-16(2)13(19)17-7-5-10(6-8-17)15-11-3-4-12(18)14-9-11/h10-11,15H,3-9H2,1-2H3,(H,14,18). The number of amides is 3. The van der Waals surface area contributed by atoms with E-state index < -0.39 is 0 Å². The van der Waals surface area contributed by atoms with Gasteiger partial charge < -0.3 is 20.4 Å². The van der Waals surface area contributed by atoms with Gasteiger partial charge in [0.05, 0.1) is 0 Å². The lowest BCUT2D eigenvalue weighted by Crippen LogP contribution is -2.53. The Bertz CT molecular complexity index is 328. The molecule has 0 saturated carbocycles. The van der Waals surface area contributed by atoms with Crippen molar-refractivity contribution in [2.24, 2.45) is 0 Å². The minimum atomic E-state index is 0.100. The molecule has 1 atom stereocenters. The smallest absolute Gasteiger partial charge is 0.319 e. The van der Waals surface area contributed by atoms with Gasteiger partial charge in [-0.2, -0.15) is 0 Å². The fourth-order valence-electron chi connectivity index (χ4n) is 2.73. The second kappa shape index (κ2) is 6.23. The van der Waals surface area contributed by atoms with Crippen LogP contribution in [0.1, 0.15) is 25.7 Å². The maximum absolute atomic E-state index is 11.8. The molecule has 0 aromatic carbocycles. The molecular formula is C13H24N4O2. The van der Waals surface area contributed by atoms with Crippen molar-refractivity contribution < 1.29 is 9.59 Å². The number of piperidine rings is 2. The van der Waals surface area contributed by atoms with E-state index in [0.717, 1.165) is 38.9 Å². The third-order valence-corrected chi connectivity index (χ3v) is 3.88. The van der Waals surface area contributed by atoms with E-state index in [1.54, 1.807) is 19.0 Å². The summed E-state index contributed by atoms with van der Waals surface area (Å²) in [6.07, 6.45) is 3.52. The van der Waals surface area contributed by atoms with E-state index >= 15 is 0 Å². The normalized spacial score (nSPS) is 25.1. The number of likely N-dealkylation sites (tertiary alicyclic amines) is 1. The summed E-state index contributed by atoms with van der Waals surface area (Å²) in [5.41, 5.74) is 0. The summed E-state index contributed by atoms with van der Waals surface area (Å²) in [5.74, 6) is 0.157. The Balaban J connectivity index is 1.71. The molecule has 3 amide bonds. The van der Waals surface area contributed by atoms with Gasteiger partial charge in [0.2, 0.25) is 5.91 Å². The lowest BCUT2D eigenvalue weighted by atomic mass is 10.0. The molecule has 2 saturated heterocycles. The number of urea groups is 1. The van der Waals surface area contributed by atoms with Crippen molar-refractivity contribution in [2.75, 3.05) is 33.7 Å². The Morgan fingerprint density at radius 2 is 1.95 bits per heavy atom. The van der Waals surface area contributed by atoms with Gasteiger partial charge >= 0.3 is 6.03 Å². The Hall–Kier alpha value is -1.30. The van der Waals surface area contributed by atoms with Crippen LogP contribution in [0.2, 0.25) is 0 Å². The van der Waals surface area contributed by atoms with Crippen LogP contribution >= 0.6 is 0 Å². The van der Waals surface area contributed by atoms with Crippen LogP contribution in [0.25, 0.3) is 0 Å². The average Bonchev–Trinajstić information content (AvgIpc) is 2.41. The monoisotopic (exact) mass is 268 g/mol. The molecular weight excluding hydrogens is 244 g/mol. The highest BCUT2D eigenvalue weighted by molar-refractivity contribution is 5.76. The average molecular weight is 268 g/mol. The molecule has 0 aliphatic carbocycles. The van der Waals surface area contributed by atoms with Crippen molar-refractivity contribution in [3.05, 3.63) is 0 Å². The molecule has 0 spiro atoms. The lowest BCUT2D eigenvalue weighted by molar-refractivity contribution is -0.122. The molecule has 2 aliphatic heterocycles. The largest absolute Gasteiger partial charge is 0.355 e. The molecule has 19 heavy (non-hydrogen) atoms. The van der Waals surface area contributed by atoms with Crippen LogP contribution in [0.15, 0.2) is 0 Å².